The van der Waals surface area contributed by atoms with E-state index < -0.39 is 0 Å². The summed E-state index contributed by atoms with van der Waals surface area (Å²) in [6.45, 7) is 0. The van der Waals surface area contributed by atoms with Crippen molar-refractivity contribution >= 4 is 40.9 Å². The maximum absolute atomic E-state index is 13.3. The lowest BCUT2D eigenvalue weighted by molar-refractivity contribution is -0.123. The minimum absolute atomic E-state index is 0.0618. The van der Waals surface area contributed by atoms with Gasteiger partial charge in [0.1, 0.15) is 0 Å². The SMILES string of the molecule is O=C1[C@@H]2[C@H](C(=O)N1c1ccccc1)[C@H]1CSCN1[C@H]2c1cccc(Cl)c1. The number of hydrogen-bond donors (Lipinski definition) is 0. The fraction of sp³-hybridized carbons (Fsp3) is 0.300. The van der Waals surface area contributed by atoms with Crippen molar-refractivity contribution in [3.05, 3.63) is 65.2 Å². The normalized spacial score (nSPS) is 30.7. The van der Waals surface area contributed by atoms with Crippen LogP contribution in [0.5, 0.6) is 0 Å². The molecule has 0 spiro atoms. The fourth-order valence-corrected chi connectivity index (χ4v) is 6.15. The summed E-state index contributed by atoms with van der Waals surface area (Å²) in [6.07, 6.45) is 0. The second-order valence-electron chi connectivity index (χ2n) is 6.98. The molecule has 132 valence electrons. The zero-order valence-corrected chi connectivity index (χ0v) is 15.5. The predicted molar refractivity (Wildman–Crippen MR) is 103 cm³/mol. The lowest BCUT2D eigenvalue weighted by Gasteiger charge is -2.28. The van der Waals surface area contributed by atoms with Gasteiger partial charge in [-0.3, -0.25) is 14.5 Å². The molecule has 0 N–H and O–H groups in total. The van der Waals surface area contributed by atoms with Gasteiger partial charge in [-0.2, -0.15) is 0 Å². The van der Waals surface area contributed by atoms with Crippen molar-refractivity contribution in [3.63, 3.8) is 0 Å². The number of halogens is 1. The molecule has 0 radical (unpaired) electrons. The molecule has 0 saturated carbocycles. The van der Waals surface area contributed by atoms with E-state index in [9.17, 15) is 9.59 Å². The first-order valence-corrected chi connectivity index (χ1v) is 10.2. The highest BCUT2D eigenvalue weighted by molar-refractivity contribution is 7.99. The van der Waals surface area contributed by atoms with Gasteiger partial charge in [-0.05, 0) is 29.8 Å². The summed E-state index contributed by atoms with van der Waals surface area (Å²) in [7, 11) is 0. The molecule has 0 aliphatic carbocycles. The minimum atomic E-state index is -0.341. The van der Waals surface area contributed by atoms with Crippen molar-refractivity contribution < 1.29 is 9.59 Å². The molecule has 0 unspecified atom stereocenters. The zero-order valence-electron chi connectivity index (χ0n) is 13.9. The number of benzene rings is 2. The zero-order chi connectivity index (χ0) is 17.8. The molecule has 3 aliphatic heterocycles. The Bertz CT molecular complexity index is 890. The quantitative estimate of drug-likeness (QED) is 0.742. The molecule has 2 aromatic carbocycles. The Morgan fingerprint density at radius 1 is 0.962 bits per heavy atom. The highest BCUT2D eigenvalue weighted by Crippen LogP contribution is 2.54. The minimum Gasteiger partial charge on any atom is -0.282 e. The molecule has 6 heteroatoms. The van der Waals surface area contributed by atoms with E-state index in [1.165, 1.54) is 4.90 Å². The topological polar surface area (TPSA) is 40.6 Å². The van der Waals surface area contributed by atoms with E-state index >= 15 is 0 Å². The van der Waals surface area contributed by atoms with Gasteiger partial charge in [-0.25, -0.2) is 4.90 Å². The van der Waals surface area contributed by atoms with Crippen molar-refractivity contribution in [3.8, 4) is 0 Å². The van der Waals surface area contributed by atoms with E-state index in [-0.39, 0.29) is 35.7 Å². The highest BCUT2D eigenvalue weighted by atomic mass is 35.5. The molecule has 3 heterocycles. The van der Waals surface area contributed by atoms with Gasteiger partial charge < -0.3 is 0 Å². The van der Waals surface area contributed by atoms with E-state index in [2.05, 4.69) is 4.90 Å². The molecule has 2 amide bonds. The van der Waals surface area contributed by atoms with Crippen molar-refractivity contribution in [1.29, 1.82) is 0 Å². The number of rotatable bonds is 2. The standard InChI is InChI=1S/C20H17ClN2O2S/c21-13-6-4-5-12(9-13)18-17-16(15-10-26-11-22(15)18)19(24)23(20(17)25)14-7-2-1-3-8-14/h1-9,15-18H,10-11H2/t15-,16-,17-,18+/m1/s1. The molecule has 5 rings (SSSR count). The lowest BCUT2D eigenvalue weighted by atomic mass is 9.87. The molecule has 2 aromatic rings. The van der Waals surface area contributed by atoms with E-state index in [4.69, 9.17) is 11.6 Å². The Morgan fingerprint density at radius 3 is 2.50 bits per heavy atom. The van der Waals surface area contributed by atoms with Crippen LogP contribution in [0.25, 0.3) is 0 Å². The fourth-order valence-electron chi connectivity index (χ4n) is 4.64. The van der Waals surface area contributed by atoms with Gasteiger partial charge >= 0.3 is 0 Å². The van der Waals surface area contributed by atoms with E-state index in [1.54, 1.807) is 0 Å². The second kappa shape index (κ2) is 6.12. The van der Waals surface area contributed by atoms with E-state index in [1.807, 2.05) is 66.4 Å². The van der Waals surface area contributed by atoms with Crippen LogP contribution in [0.4, 0.5) is 5.69 Å². The lowest BCUT2D eigenvalue weighted by Crippen LogP contribution is -2.40. The summed E-state index contributed by atoms with van der Waals surface area (Å²) in [5.74, 6) is 0.971. The van der Waals surface area contributed by atoms with Crippen LogP contribution in [0.1, 0.15) is 11.6 Å². The van der Waals surface area contributed by atoms with Crippen molar-refractivity contribution in [1.82, 2.24) is 4.90 Å². The van der Waals surface area contributed by atoms with E-state index in [0.29, 0.717) is 10.7 Å². The maximum Gasteiger partial charge on any atom is 0.239 e. The van der Waals surface area contributed by atoms with Crippen LogP contribution in [-0.2, 0) is 9.59 Å². The van der Waals surface area contributed by atoms with Crippen molar-refractivity contribution in [2.75, 3.05) is 16.5 Å². The number of carbonyl (C=O) groups is 2. The first-order valence-electron chi connectivity index (χ1n) is 8.68. The molecule has 3 fully saturated rings. The van der Waals surface area contributed by atoms with Crippen molar-refractivity contribution in [2.45, 2.75) is 12.1 Å². The molecule has 0 bridgehead atoms. The summed E-state index contributed by atoms with van der Waals surface area (Å²) in [6, 6.07) is 17.0. The number of anilines is 1. The van der Waals surface area contributed by atoms with Crippen LogP contribution in [-0.4, -0.2) is 34.4 Å². The number of thioether (sulfide) groups is 1. The van der Waals surface area contributed by atoms with Gasteiger partial charge in [0.15, 0.2) is 0 Å². The smallest absolute Gasteiger partial charge is 0.239 e. The highest BCUT2D eigenvalue weighted by Gasteiger charge is 2.63. The third-order valence-corrected chi connectivity index (χ3v) is 6.96. The van der Waals surface area contributed by atoms with Crippen LogP contribution in [0.15, 0.2) is 54.6 Å². The first kappa shape index (κ1) is 16.4. The monoisotopic (exact) mass is 384 g/mol. The van der Waals surface area contributed by atoms with Gasteiger partial charge in [-0.1, -0.05) is 41.9 Å². The number of amides is 2. The summed E-state index contributed by atoms with van der Waals surface area (Å²) in [5, 5.41) is 0.658. The van der Waals surface area contributed by atoms with Gasteiger partial charge in [0, 0.05) is 28.7 Å². The summed E-state index contributed by atoms with van der Waals surface area (Å²) in [4.78, 5) is 30.3. The molecule has 26 heavy (non-hydrogen) atoms. The molecular weight excluding hydrogens is 368 g/mol. The Kier molecular flexibility index (Phi) is 3.85. The van der Waals surface area contributed by atoms with Crippen molar-refractivity contribution in [2.24, 2.45) is 11.8 Å². The van der Waals surface area contributed by atoms with Gasteiger partial charge in [-0.15, -0.1) is 11.8 Å². The van der Waals surface area contributed by atoms with Crippen LogP contribution in [0, 0.1) is 11.8 Å². The van der Waals surface area contributed by atoms with Gasteiger partial charge in [0.2, 0.25) is 11.8 Å². The van der Waals surface area contributed by atoms with Gasteiger partial charge in [0.05, 0.1) is 17.5 Å². The third-order valence-electron chi connectivity index (χ3n) is 5.67. The summed E-state index contributed by atoms with van der Waals surface area (Å²) < 4.78 is 0. The Labute approximate surface area is 161 Å². The Hall–Kier alpha value is -1.82. The number of carbonyl (C=O) groups excluding carboxylic acids is 2. The second-order valence-corrected chi connectivity index (χ2v) is 8.42. The molecule has 4 atom stereocenters. The largest absolute Gasteiger partial charge is 0.282 e. The number of hydrogen-bond acceptors (Lipinski definition) is 4. The molecule has 4 nitrogen and oxygen atoms in total. The van der Waals surface area contributed by atoms with Crippen LogP contribution < -0.4 is 4.90 Å². The third kappa shape index (κ3) is 2.27. The van der Waals surface area contributed by atoms with Crippen LogP contribution in [0.3, 0.4) is 0 Å². The molecule has 3 aliphatic rings. The average molecular weight is 385 g/mol. The Balaban J connectivity index is 1.60. The number of nitrogens with zero attached hydrogens (tertiary/aromatic N) is 2. The molecule has 3 saturated heterocycles. The summed E-state index contributed by atoms with van der Waals surface area (Å²) in [5.41, 5.74) is 1.69. The predicted octanol–water partition coefficient (Wildman–Crippen LogP) is 3.58. The number of imide groups is 1. The van der Waals surface area contributed by atoms with Crippen LogP contribution >= 0.6 is 23.4 Å². The van der Waals surface area contributed by atoms with E-state index in [0.717, 1.165) is 17.2 Å². The van der Waals surface area contributed by atoms with Crippen LogP contribution in [0.2, 0.25) is 5.02 Å². The maximum atomic E-state index is 13.3. The summed E-state index contributed by atoms with van der Waals surface area (Å²) >= 11 is 8.04. The number of para-hydroxylation sites is 1. The Morgan fingerprint density at radius 2 is 1.73 bits per heavy atom. The molecule has 0 aromatic heterocycles. The molecular formula is C20H17ClN2O2S. The average Bonchev–Trinajstić information content (AvgIpc) is 3.28. The first-order chi connectivity index (χ1) is 12.7. The number of fused-ring (bicyclic) bond motifs is 3. The van der Waals surface area contributed by atoms with Gasteiger partial charge in [0.25, 0.3) is 0 Å².